The summed E-state index contributed by atoms with van der Waals surface area (Å²) in [5.41, 5.74) is 3.25. The molecule has 0 unspecified atom stereocenters. The molecule has 1 aromatic heterocycles. The van der Waals surface area contributed by atoms with Crippen molar-refractivity contribution in [3.63, 3.8) is 0 Å². The molecule has 0 amide bonds. The van der Waals surface area contributed by atoms with E-state index in [0.717, 1.165) is 47.7 Å². The minimum Gasteiger partial charge on any atom is -0.347 e. The summed E-state index contributed by atoms with van der Waals surface area (Å²) < 4.78 is 42.5. The Balaban J connectivity index is 1.83. The Kier molecular flexibility index (Phi) is 3.75. The summed E-state index contributed by atoms with van der Waals surface area (Å²) in [6.07, 6.45) is 6.32. The summed E-state index contributed by atoms with van der Waals surface area (Å²) in [5, 5.41) is 0.948. The zero-order valence-corrected chi connectivity index (χ0v) is 12.7. The van der Waals surface area contributed by atoms with E-state index >= 15 is 0 Å². The highest BCUT2D eigenvalue weighted by Gasteiger charge is 2.17. The van der Waals surface area contributed by atoms with Crippen molar-refractivity contribution in [3.8, 4) is 0 Å². The van der Waals surface area contributed by atoms with Crippen LogP contribution in [0.4, 0.5) is 4.39 Å². The van der Waals surface area contributed by atoms with Crippen LogP contribution in [0.5, 0.6) is 0 Å². The van der Waals surface area contributed by atoms with Gasteiger partial charge < -0.3 is 4.57 Å². The second kappa shape index (κ2) is 5.42. The second-order valence-electron chi connectivity index (χ2n) is 5.54. The second-order valence-corrected chi connectivity index (χ2v) is 7.19. The van der Waals surface area contributed by atoms with E-state index in [0.29, 0.717) is 12.8 Å². The molecule has 2 heterocycles. The number of benzene rings is 1. The van der Waals surface area contributed by atoms with Crippen LogP contribution in [0, 0.1) is 5.82 Å². The minimum atomic E-state index is -3.39. The lowest BCUT2D eigenvalue weighted by Crippen LogP contribution is -2.06. The first-order valence-electron chi connectivity index (χ1n) is 7.08. The summed E-state index contributed by atoms with van der Waals surface area (Å²) in [6, 6.07) is 3.20. The molecule has 4 nitrogen and oxygen atoms in total. The van der Waals surface area contributed by atoms with E-state index in [2.05, 4.69) is 10.8 Å². The topological polar surface area (TPSA) is 48.3 Å². The number of halogens is 1. The highest BCUT2D eigenvalue weighted by Crippen LogP contribution is 2.31. The van der Waals surface area contributed by atoms with E-state index < -0.39 is 10.1 Å². The van der Waals surface area contributed by atoms with E-state index in [1.165, 1.54) is 0 Å². The Morgan fingerprint density at radius 3 is 2.95 bits per heavy atom. The van der Waals surface area contributed by atoms with Gasteiger partial charge in [-0.2, -0.15) is 8.42 Å². The van der Waals surface area contributed by atoms with Crippen LogP contribution in [-0.2, 0) is 33.7 Å². The fourth-order valence-corrected chi connectivity index (χ4v) is 3.46. The molecule has 0 bridgehead atoms. The number of rotatable bonds is 5. The first kappa shape index (κ1) is 14.5. The fraction of sp³-hybridized carbons (Fsp3) is 0.467. The molecule has 2 aromatic rings. The van der Waals surface area contributed by atoms with Gasteiger partial charge in [-0.3, -0.25) is 4.18 Å². The third kappa shape index (κ3) is 3.11. The third-order valence-corrected chi connectivity index (χ3v) is 4.43. The van der Waals surface area contributed by atoms with Gasteiger partial charge in [0.25, 0.3) is 10.1 Å². The predicted molar refractivity (Wildman–Crippen MR) is 79.3 cm³/mol. The third-order valence-electron chi connectivity index (χ3n) is 3.83. The van der Waals surface area contributed by atoms with Gasteiger partial charge in [0.15, 0.2) is 0 Å². The predicted octanol–water partition coefficient (Wildman–Crippen LogP) is 2.64. The first-order chi connectivity index (χ1) is 9.94. The van der Waals surface area contributed by atoms with Crippen molar-refractivity contribution in [3.05, 3.63) is 35.3 Å². The highest BCUT2D eigenvalue weighted by atomic mass is 32.2. The molecule has 1 aliphatic rings. The van der Waals surface area contributed by atoms with Crippen LogP contribution in [0.15, 0.2) is 18.3 Å². The van der Waals surface area contributed by atoms with Crippen LogP contribution >= 0.6 is 0 Å². The Morgan fingerprint density at radius 2 is 2.19 bits per heavy atom. The molecule has 1 aromatic carbocycles. The lowest BCUT2D eigenvalue weighted by Gasteiger charge is -2.15. The summed E-state index contributed by atoms with van der Waals surface area (Å²) in [6.45, 7) is 1.11. The molecule has 1 aliphatic heterocycles. The van der Waals surface area contributed by atoms with Crippen molar-refractivity contribution in [2.24, 2.45) is 0 Å². The fourth-order valence-electron chi connectivity index (χ4n) is 3.04. The van der Waals surface area contributed by atoms with Crippen molar-refractivity contribution in [1.29, 1.82) is 0 Å². The number of nitrogens with zero attached hydrogens (tertiary/aromatic N) is 1. The molecule has 0 fully saturated rings. The van der Waals surface area contributed by atoms with Crippen LogP contribution in [0.25, 0.3) is 10.9 Å². The highest BCUT2D eigenvalue weighted by molar-refractivity contribution is 7.85. The molecule has 0 aliphatic carbocycles. The summed E-state index contributed by atoms with van der Waals surface area (Å²) >= 11 is 0. The quantitative estimate of drug-likeness (QED) is 0.630. The van der Waals surface area contributed by atoms with Crippen molar-refractivity contribution in [2.75, 3.05) is 12.9 Å². The van der Waals surface area contributed by atoms with E-state index in [4.69, 9.17) is 4.18 Å². The molecule has 0 atom stereocenters. The van der Waals surface area contributed by atoms with Gasteiger partial charge in [-0.15, -0.1) is 0 Å². The van der Waals surface area contributed by atoms with Gasteiger partial charge in [0.2, 0.25) is 0 Å². The number of aromatic nitrogens is 1. The van der Waals surface area contributed by atoms with E-state index in [-0.39, 0.29) is 12.4 Å². The zero-order chi connectivity index (χ0) is 15.0. The molecule has 0 radical (unpaired) electrons. The van der Waals surface area contributed by atoms with Gasteiger partial charge in [0.1, 0.15) is 5.82 Å². The van der Waals surface area contributed by atoms with Crippen molar-refractivity contribution >= 4 is 21.0 Å². The average molecular weight is 311 g/mol. The first-order valence-corrected chi connectivity index (χ1v) is 8.90. The van der Waals surface area contributed by atoms with Gasteiger partial charge in [0, 0.05) is 18.1 Å². The lowest BCUT2D eigenvalue weighted by atomic mass is 10.0. The van der Waals surface area contributed by atoms with Gasteiger partial charge in [-0.25, -0.2) is 4.39 Å². The van der Waals surface area contributed by atoms with Gasteiger partial charge in [-0.1, -0.05) is 0 Å². The van der Waals surface area contributed by atoms with Crippen molar-refractivity contribution in [1.82, 2.24) is 4.57 Å². The normalized spacial score (nSPS) is 14.8. The molecule has 21 heavy (non-hydrogen) atoms. The van der Waals surface area contributed by atoms with E-state index in [9.17, 15) is 12.8 Å². The van der Waals surface area contributed by atoms with Crippen LogP contribution in [0.2, 0.25) is 0 Å². The standard InChI is InChI=1S/C15H18FNO3S/c1-21(18,19)20-7-3-5-12-10-17-6-2-4-11-8-13(16)9-14(12)15(11)17/h8-10H,2-7H2,1H3. The maximum atomic E-state index is 13.7. The van der Waals surface area contributed by atoms with Gasteiger partial charge in [0.05, 0.1) is 18.4 Å². The van der Waals surface area contributed by atoms with Crippen molar-refractivity contribution < 1.29 is 17.0 Å². The Labute approximate surface area is 123 Å². The summed E-state index contributed by atoms with van der Waals surface area (Å²) in [5.74, 6) is -0.203. The number of aryl methyl sites for hydroxylation is 3. The van der Waals surface area contributed by atoms with Gasteiger partial charge >= 0.3 is 0 Å². The monoisotopic (exact) mass is 311 g/mol. The molecule has 0 N–H and O–H groups in total. The average Bonchev–Trinajstić information content (AvgIpc) is 2.73. The summed E-state index contributed by atoms with van der Waals surface area (Å²) in [7, 11) is -3.39. The molecule has 3 rings (SSSR count). The van der Waals surface area contributed by atoms with Crippen molar-refractivity contribution in [2.45, 2.75) is 32.2 Å². The maximum Gasteiger partial charge on any atom is 0.264 e. The van der Waals surface area contributed by atoms with Crippen LogP contribution in [-0.4, -0.2) is 25.8 Å². The molecular weight excluding hydrogens is 293 g/mol. The Bertz CT molecular complexity index is 780. The molecule has 6 heteroatoms. The maximum absolute atomic E-state index is 13.7. The van der Waals surface area contributed by atoms with Crippen LogP contribution in [0.3, 0.4) is 0 Å². The van der Waals surface area contributed by atoms with Gasteiger partial charge in [-0.05, 0) is 48.9 Å². The number of hydrogen-bond acceptors (Lipinski definition) is 3. The van der Waals surface area contributed by atoms with E-state index in [1.807, 2.05) is 0 Å². The Morgan fingerprint density at radius 1 is 1.38 bits per heavy atom. The minimum absolute atomic E-state index is 0.160. The summed E-state index contributed by atoms with van der Waals surface area (Å²) in [4.78, 5) is 0. The SMILES string of the molecule is CS(=O)(=O)OCCCc1cn2c3c(cc(F)cc13)CCC2. The molecule has 0 saturated heterocycles. The van der Waals surface area contributed by atoms with E-state index in [1.54, 1.807) is 12.1 Å². The zero-order valence-electron chi connectivity index (χ0n) is 11.9. The molecule has 0 saturated carbocycles. The Hall–Kier alpha value is -1.40. The number of hydrogen-bond donors (Lipinski definition) is 0. The lowest BCUT2D eigenvalue weighted by molar-refractivity contribution is 0.316. The van der Waals surface area contributed by atoms with Crippen LogP contribution < -0.4 is 0 Å². The van der Waals surface area contributed by atoms with Crippen LogP contribution in [0.1, 0.15) is 24.0 Å². The largest absolute Gasteiger partial charge is 0.347 e. The molecular formula is C15H18FNO3S. The molecule has 114 valence electrons. The molecule has 0 spiro atoms. The smallest absolute Gasteiger partial charge is 0.264 e.